The third kappa shape index (κ3) is 8.64. The summed E-state index contributed by atoms with van der Waals surface area (Å²) in [6.45, 7) is 11.8. The van der Waals surface area contributed by atoms with Crippen LogP contribution in [0.5, 0.6) is 5.75 Å². The fourth-order valence-electron chi connectivity index (χ4n) is 4.42. The van der Waals surface area contributed by atoms with E-state index in [1.54, 1.807) is 32.9 Å². The predicted octanol–water partition coefficient (Wildman–Crippen LogP) is 2.66. The number of benzene rings is 1. The minimum Gasteiger partial charge on any atom is -0.507 e. The summed E-state index contributed by atoms with van der Waals surface area (Å²) >= 11 is 3.25. The first-order valence-electron chi connectivity index (χ1n) is 12.9. The van der Waals surface area contributed by atoms with Crippen LogP contribution in [0.1, 0.15) is 53.0 Å². The van der Waals surface area contributed by atoms with Crippen LogP contribution in [0.3, 0.4) is 0 Å². The van der Waals surface area contributed by atoms with Gasteiger partial charge >= 0.3 is 5.97 Å². The summed E-state index contributed by atoms with van der Waals surface area (Å²) in [6, 6.07) is 1.67. The van der Waals surface area contributed by atoms with E-state index in [1.807, 2.05) is 0 Å². The van der Waals surface area contributed by atoms with Crippen molar-refractivity contribution in [1.82, 2.24) is 15.5 Å². The number of carbonyl (C=O) groups excluding carboxylic acids is 5. The number of nitrogens with zero attached hydrogens (tertiary/aromatic N) is 1. The van der Waals surface area contributed by atoms with E-state index in [-0.39, 0.29) is 36.4 Å². The van der Waals surface area contributed by atoms with Crippen molar-refractivity contribution < 1.29 is 33.8 Å². The maximum Gasteiger partial charge on any atom is 0.328 e. The van der Waals surface area contributed by atoms with Crippen LogP contribution in [0.4, 0.5) is 0 Å². The van der Waals surface area contributed by atoms with Gasteiger partial charge in [-0.2, -0.15) is 0 Å². The molecule has 2 rings (SSSR count). The number of phenolic OH excluding ortho intramolecular Hbond substituents is 1. The molecule has 3 amide bonds. The highest BCUT2D eigenvalue weighted by atomic mass is 79.9. The van der Waals surface area contributed by atoms with Crippen molar-refractivity contribution in [3.05, 3.63) is 40.4 Å². The average Bonchev–Trinajstić information content (AvgIpc) is 2.86. The Morgan fingerprint density at radius 1 is 1.00 bits per heavy atom. The Balaban J connectivity index is 2.41. The molecule has 1 saturated heterocycles. The summed E-state index contributed by atoms with van der Waals surface area (Å²) in [4.78, 5) is 66.3. The maximum atomic E-state index is 13.4. The summed E-state index contributed by atoms with van der Waals surface area (Å²) < 4.78 is 5.90. The van der Waals surface area contributed by atoms with Gasteiger partial charge in [0.15, 0.2) is 5.78 Å². The number of carbonyl (C=O) groups is 5. The summed E-state index contributed by atoms with van der Waals surface area (Å²) in [5.41, 5.74) is 0.926. The van der Waals surface area contributed by atoms with Gasteiger partial charge < -0.3 is 25.4 Å². The zero-order valence-electron chi connectivity index (χ0n) is 23.2. The van der Waals surface area contributed by atoms with Crippen LogP contribution in [0.2, 0.25) is 0 Å². The zero-order valence-corrected chi connectivity index (χ0v) is 24.8. The molecule has 1 heterocycles. The van der Waals surface area contributed by atoms with Crippen LogP contribution in [-0.4, -0.2) is 70.8 Å². The standard InChI is InChI=1S/C28H38BrN3O7/c1-14-10-16(3)25(35)30-18(5)27(37)32(7)22(13-20-8-9-23(33)21(29)12-20)26(36)31-19(6)28(38)39-17(4)11-15(2)24(14)34/h8-9,12,15-19,22,33H,1,10-11,13H2,2-7H3,(H,30,35)(H,31,36). The topological polar surface area (TPSA) is 142 Å². The molecule has 39 heavy (non-hydrogen) atoms. The van der Waals surface area contributed by atoms with E-state index in [9.17, 15) is 29.1 Å². The first-order chi connectivity index (χ1) is 18.1. The van der Waals surface area contributed by atoms with Crippen LogP contribution in [-0.2, 0) is 35.1 Å². The number of allylic oxidation sites excluding steroid dienone is 1. The van der Waals surface area contributed by atoms with Gasteiger partial charge in [0.1, 0.15) is 23.9 Å². The third-order valence-electron chi connectivity index (χ3n) is 6.80. The number of rotatable bonds is 2. The molecule has 10 nitrogen and oxygen atoms in total. The number of halogens is 1. The minimum absolute atomic E-state index is 0.0204. The van der Waals surface area contributed by atoms with Crippen molar-refractivity contribution in [3.63, 3.8) is 0 Å². The van der Waals surface area contributed by atoms with Gasteiger partial charge in [0.05, 0.1) is 10.6 Å². The van der Waals surface area contributed by atoms with E-state index < -0.39 is 59.8 Å². The monoisotopic (exact) mass is 607 g/mol. The molecule has 214 valence electrons. The lowest BCUT2D eigenvalue weighted by Gasteiger charge is -2.31. The Hall–Kier alpha value is -3.21. The Kier molecular flexibility index (Phi) is 11.3. The van der Waals surface area contributed by atoms with Gasteiger partial charge in [-0.15, -0.1) is 0 Å². The molecule has 1 aliphatic heterocycles. The average molecular weight is 609 g/mol. The van der Waals surface area contributed by atoms with Crippen molar-refractivity contribution in [2.75, 3.05) is 7.05 Å². The second-order valence-corrected chi connectivity index (χ2v) is 11.2. The molecule has 0 spiro atoms. The summed E-state index contributed by atoms with van der Waals surface area (Å²) in [7, 11) is 1.44. The van der Waals surface area contributed by atoms with E-state index in [0.717, 1.165) is 0 Å². The fraction of sp³-hybridized carbons (Fsp3) is 0.536. The molecule has 6 unspecified atom stereocenters. The van der Waals surface area contributed by atoms with Crippen molar-refractivity contribution in [3.8, 4) is 5.75 Å². The van der Waals surface area contributed by atoms with Gasteiger partial charge in [-0.25, -0.2) is 4.79 Å². The van der Waals surface area contributed by atoms with Gasteiger partial charge in [0.2, 0.25) is 17.7 Å². The van der Waals surface area contributed by atoms with E-state index in [1.165, 1.54) is 31.9 Å². The highest BCUT2D eigenvalue weighted by molar-refractivity contribution is 9.10. The second kappa shape index (κ2) is 13.7. The van der Waals surface area contributed by atoms with Gasteiger partial charge in [0.25, 0.3) is 0 Å². The van der Waals surface area contributed by atoms with Crippen molar-refractivity contribution in [2.45, 2.75) is 78.1 Å². The quantitative estimate of drug-likeness (QED) is 0.346. The lowest BCUT2D eigenvalue weighted by molar-refractivity contribution is -0.153. The number of hydrogen-bond donors (Lipinski definition) is 3. The Morgan fingerprint density at radius 3 is 2.23 bits per heavy atom. The van der Waals surface area contributed by atoms with Crippen LogP contribution in [0.25, 0.3) is 0 Å². The van der Waals surface area contributed by atoms with Crippen molar-refractivity contribution in [2.24, 2.45) is 11.8 Å². The largest absolute Gasteiger partial charge is 0.507 e. The van der Waals surface area contributed by atoms with Gasteiger partial charge in [-0.05, 0) is 72.8 Å². The Morgan fingerprint density at radius 2 is 1.62 bits per heavy atom. The van der Waals surface area contributed by atoms with E-state index in [4.69, 9.17) is 4.74 Å². The van der Waals surface area contributed by atoms with Crippen LogP contribution < -0.4 is 10.6 Å². The molecule has 1 aromatic rings. The van der Waals surface area contributed by atoms with Crippen LogP contribution in [0.15, 0.2) is 34.8 Å². The number of nitrogens with one attached hydrogen (secondary N) is 2. The molecule has 6 atom stereocenters. The first kappa shape index (κ1) is 32.0. The fourth-order valence-corrected chi connectivity index (χ4v) is 4.84. The number of ether oxygens (including phenoxy) is 1. The number of cyclic esters (lactones) is 1. The minimum atomic E-state index is -1.05. The Bertz CT molecular complexity index is 1140. The number of likely N-dealkylation sites (N-methyl/N-ethyl adjacent to an activating group) is 1. The maximum absolute atomic E-state index is 13.4. The SMILES string of the molecule is C=C1CC(C)C(=O)NC(C)C(=O)N(C)C(Cc2ccc(O)c(Br)c2)C(=O)NC(C)C(=O)OC(C)CC(C)C1=O. The predicted molar refractivity (Wildman–Crippen MR) is 149 cm³/mol. The van der Waals surface area contributed by atoms with E-state index in [2.05, 4.69) is 33.1 Å². The molecule has 1 aromatic carbocycles. The number of aromatic hydroxyl groups is 1. The molecule has 1 aliphatic rings. The zero-order chi connectivity index (χ0) is 29.6. The number of phenols is 1. The molecule has 0 aliphatic carbocycles. The van der Waals surface area contributed by atoms with Crippen molar-refractivity contribution >= 4 is 45.4 Å². The second-order valence-electron chi connectivity index (χ2n) is 10.4. The molecular weight excluding hydrogens is 570 g/mol. The lowest BCUT2D eigenvalue weighted by atomic mass is 9.90. The number of Topliss-reactive ketones (excluding diaryl/α,β-unsaturated/α-hetero) is 1. The molecule has 0 radical (unpaired) electrons. The van der Waals surface area contributed by atoms with Gasteiger partial charge in [-0.3, -0.25) is 19.2 Å². The number of esters is 1. The van der Waals surface area contributed by atoms with Gasteiger partial charge in [-0.1, -0.05) is 26.5 Å². The van der Waals surface area contributed by atoms with E-state index in [0.29, 0.717) is 10.0 Å². The lowest BCUT2D eigenvalue weighted by Crippen LogP contribution is -2.56. The molecule has 3 N–H and O–H groups in total. The normalized spacial score (nSPS) is 28.7. The molecule has 0 bridgehead atoms. The van der Waals surface area contributed by atoms with Crippen LogP contribution >= 0.6 is 15.9 Å². The van der Waals surface area contributed by atoms with Crippen molar-refractivity contribution in [1.29, 1.82) is 0 Å². The molecule has 0 saturated carbocycles. The van der Waals surface area contributed by atoms with E-state index >= 15 is 0 Å². The molecule has 11 heteroatoms. The first-order valence-corrected chi connectivity index (χ1v) is 13.7. The summed E-state index contributed by atoms with van der Waals surface area (Å²) in [6.07, 6.45) is -0.185. The highest BCUT2D eigenvalue weighted by Gasteiger charge is 2.34. The molecule has 0 aromatic heterocycles. The highest BCUT2D eigenvalue weighted by Crippen LogP contribution is 2.25. The number of amides is 3. The Labute approximate surface area is 237 Å². The number of hydrogen-bond acceptors (Lipinski definition) is 7. The molecular formula is C28H38BrN3O7. The van der Waals surface area contributed by atoms with Gasteiger partial charge in [0, 0.05) is 25.3 Å². The smallest absolute Gasteiger partial charge is 0.328 e. The number of ketones is 1. The summed E-state index contributed by atoms with van der Waals surface area (Å²) in [5, 5.41) is 15.1. The van der Waals surface area contributed by atoms with Crippen LogP contribution in [0, 0.1) is 11.8 Å². The summed E-state index contributed by atoms with van der Waals surface area (Å²) in [5.74, 6) is -3.56. The third-order valence-corrected chi connectivity index (χ3v) is 7.43. The molecule has 1 fully saturated rings.